The summed E-state index contributed by atoms with van der Waals surface area (Å²) in [6.07, 6.45) is 5.63. The molecular weight excluding hydrogens is 509 g/mol. The van der Waals surface area contributed by atoms with Crippen molar-refractivity contribution in [2.75, 3.05) is 85.3 Å². The zero-order valence-corrected chi connectivity index (χ0v) is 21.6. The van der Waals surface area contributed by atoms with Gasteiger partial charge in [0, 0.05) is 71.5 Å². The number of carbonyl (C=O) groups excluding carboxylic acids is 1. The summed E-state index contributed by atoms with van der Waals surface area (Å²) in [6, 6.07) is 0. The van der Waals surface area contributed by atoms with Gasteiger partial charge in [0.05, 0.1) is 19.8 Å². The lowest BCUT2D eigenvalue weighted by Gasteiger charge is -2.37. The molecule has 3 aliphatic rings. The molecule has 3 saturated heterocycles. The summed E-state index contributed by atoms with van der Waals surface area (Å²) in [4.78, 5) is 24.0. The number of amides is 1. The van der Waals surface area contributed by atoms with Crippen molar-refractivity contribution < 1.29 is 14.3 Å². The molecule has 3 aliphatic heterocycles. The molecule has 8 nitrogen and oxygen atoms in total. The molecule has 0 aromatic heterocycles. The van der Waals surface area contributed by atoms with Crippen LogP contribution in [0.15, 0.2) is 4.99 Å². The van der Waals surface area contributed by atoms with Gasteiger partial charge in [0.2, 0.25) is 5.91 Å². The lowest BCUT2D eigenvalue weighted by molar-refractivity contribution is -0.133. The summed E-state index contributed by atoms with van der Waals surface area (Å²) < 4.78 is 11.2. The minimum atomic E-state index is 0. The van der Waals surface area contributed by atoms with E-state index in [1.807, 2.05) is 4.90 Å². The van der Waals surface area contributed by atoms with Crippen molar-refractivity contribution in [3.05, 3.63) is 0 Å². The topological polar surface area (TPSA) is 69.6 Å². The van der Waals surface area contributed by atoms with Gasteiger partial charge in [-0.05, 0) is 39.0 Å². The van der Waals surface area contributed by atoms with E-state index in [4.69, 9.17) is 14.5 Å². The smallest absolute Gasteiger partial charge is 0.236 e. The van der Waals surface area contributed by atoms with Gasteiger partial charge in [0.25, 0.3) is 0 Å². The fourth-order valence-electron chi connectivity index (χ4n) is 4.29. The average Bonchev–Trinajstić information content (AvgIpc) is 3.30. The molecule has 1 N–H and O–H groups in total. The molecule has 31 heavy (non-hydrogen) atoms. The van der Waals surface area contributed by atoms with Gasteiger partial charge in [-0.3, -0.25) is 14.7 Å². The lowest BCUT2D eigenvalue weighted by atomic mass is 10.1. The third-order valence-electron chi connectivity index (χ3n) is 6.16. The van der Waals surface area contributed by atoms with Crippen LogP contribution < -0.4 is 5.32 Å². The first-order chi connectivity index (χ1) is 14.8. The third kappa shape index (κ3) is 9.39. The van der Waals surface area contributed by atoms with Crippen LogP contribution >= 0.6 is 24.0 Å². The van der Waals surface area contributed by atoms with Gasteiger partial charge in [-0.2, -0.15) is 0 Å². The second kappa shape index (κ2) is 15.2. The van der Waals surface area contributed by atoms with Gasteiger partial charge in [-0.15, -0.1) is 24.0 Å². The van der Waals surface area contributed by atoms with E-state index in [-0.39, 0.29) is 24.0 Å². The number of aliphatic imine (C=N–C) groups is 1. The van der Waals surface area contributed by atoms with Crippen LogP contribution in [0.25, 0.3) is 0 Å². The molecule has 3 fully saturated rings. The van der Waals surface area contributed by atoms with E-state index >= 15 is 0 Å². The Morgan fingerprint density at radius 3 is 2.55 bits per heavy atom. The van der Waals surface area contributed by atoms with Crippen molar-refractivity contribution >= 4 is 35.8 Å². The number of ether oxygens (including phenoxy) is 2. The number of carbonyl (C=O) groups is 1. The monoisotopic (exact) mass is 551 g/mol. The number of piperidine rings is 1. The van der Waals surface area contributed by atoms with Gasteiger partial charge < -0.3 is 24.6 Å². The first-order valence-electron chi connectivity index (χ1n) is 11.9. The van der Waals surface area contributed by atoms with E-state index < -0.39 is 0 Å². The number of nitrogens with one attached hydrogen (secondary N) is 1. The fourth-order valence-corrected chi connectivity index (χ4v) is 4.29. The maximum Gasteiger partial charge on any atom is 0.236 e. The van der Waals surface area contributed by atoms with Crippen LogP contribution in [0.1, 0.15) is 39.0 Å². The molecule has 1 atom stereocenters. The van der Waals surface area contributed by atoms with Gasteiger partial charge in [-0.25, -0.2) is 0 Å². The van der Waals surface area contributed by atoms with Crippen molar-refractivity contribution in [2.45, 2.75) is 39.0 Å². The van der Waals surface area contributed by atoms with Crippen molar-refractivity contribution in [1.29, 1.82) is 0 Å². The normalized spacial score (nSPS) is 23.0. The Labute approximate surface area is 205 Å². The second-order valence-corrected chi connectivity index (χ2v) is 8.60. The van der Waals surface area contributed by atoms with Gasteiger partial charge in [-0.1, -0.05) is 0 Å². The van der Waals surface area contributed by atoms with Crippen LogP contribution in [0.3, 0.4) is 0 Å². The van der Waals surface area contributed by atoms with E-state index in [1.165, 1.54) is 6.42 Å². The summed E-state index contributed by atoms with van der Waals surface area (Å²) in [7, 11) is 0. The number of piperazine rings is 1. The van der Waals surface area contributed by atoms with Gasteiger partial charge >= 0.3 is 0 Å². The van der Waals surface area contributed by atoms with Crippen molar-refractivity contribution in [3.8, 4) is 0 Å². The molecule has 0 radical (unpaired) electrons. The molecule has 3 heterocycles. The minimum Gasteiger partial charge on any atom is -0.381 e. The number of rotatable bonds is 9. The fraction of sp³-hybridized carbons (Fsp3) is 0.909. The number of hydrogen-bond donors (Lipinski definition) is 1. The average molecular weight is 552 g/mol. The number of hydrogen-bond acceptors (Lipinski definition) is 5. The standard InChI is InChI=1S/C22H41N5O3.HI/c1-2-23-22(24-8-6-15-29-18-20-7-16-30-19-20)27-13-11-25(12-14-27)17-21(28)26-9-4-3-5-10-26;/h20H,2-19H2,1H3,(H,23,24);1H. The van der Waals surface area contributed by atoms with Crippen LogP contribution in [-0.2, 0) is 14.3 Å². The molecule has 0 aliphatic carbocycles. The lowest BCUT2D eigenvalue weighted by Crippen LogP contribution is -2.54. The Morgan fingerprint density at radius 2 is 1.87 bits per heavy atom. The summed E-state index contributed by atoms with van der Waals surface area (Å²) >= 11 is 0. The molecule has 1 amide bonds. The largest absolute Gasteiger partial charge is 0.381 e. The van der Waals surface area contributed by atoms with E-state index in [0.29, 0.717) is 18.4 Å². The highest BCUT2D eigenvalue weighted by Crippen LogP contribution is 2.12. The molecule has 3 rings (SSSR count). The Morgan fingerprint density at radius 1 is 1.10 bits per heavy atom. The maximum absolute atomic E-state index is 12.5. The first-order valence-corrected chi connectivity index (χ1v) is 11.9. The molecule has 0 aromatic rings. The summed E-state index contributed by atoms with van der Waals surface area (Å²) in [5, 5.41) is 3.42. The highest BCUT2D eigenvalue weighted by molar-refractivity contribution is 14.0. The van der Waals surface area contributed by atoms with Crippen molar-refractivity contribution in [3.63, 3.8) is 0 Å². The second-order valence-electron chi connectivity index (χ2n) is 8.60. The quantitative estimate of drug-likeness (QED) is 0.204. The van der Waals surface area contributed by atoms with Gasteiger partial charge in [0.15, 0.2) is 5.96 Å². The Hall–Kier alpha value is -0.650. The van der Waals surface area contributed by atoms with Crippen molar-refractivity contribution in [1.82, 2.24) is 20.0 Å². The van der Waals surface area contributed by atoms with E-state index in [9.17, 15) is 4.79 Å². The minimum absolute atomic E-state index is 0. The molecule has 0 bridgehead atoms. The number of guanidine groups is 1. The van der Waals surface area contributed by atoms with Crippen LogP contribution in [0, 0.1) is 5.92 Å². The molecule has 0 aromatic carbocycles. The summed E-state index contributed by atoms with van der Waals surface area (Å²) in [5.74, 6) is 1.86. The third-order valence-corrected chi connectivity index (χ3v) is 6.16. The number of halogens is 1. The first kappa shape index (κ1) is 26.6. The highest BCUT2D eigenvalue weighted by Gasteiger charge is 2.24. The van der Waals surface area contributed by atoms with Crippen LogP contribution in [0.2, 0.25) is 0 Å². The Balaban J connectivity index is 0.00000341. The molecule has 0 saturated carbocycles. The van der Waals surface area contributed by atoms with Gasteiger partial charge in [0.1, 0.15) is 0 Å². The molecule has 9 heteroatoms. The van der Waals surface area contributed by atoms with E-state index in [0.717, 1.165) is 110 Å². The Kier molecular flexibility index (Phi) is 13.1. The number of nitrogens with zero attached hydrogens (tertiary/aromatic N) is 4. The van der Waals surface area contributed by atoms with Crippen molar-refractivity contribution in [2.24, 2.45) is 10.9 Å². The molecule has 1 unspecified atom stereocenters. The predicted octanol–water partition coefficient (Wildman–Crippen LogP) is 1.64. The highest BCUT2D eigenvalue weighted by atomic mass is 127. The van der Waals surface area contributed by atoms with E-state index in [1.54, 1.807) is 0 Å². The molecule has 0 spiro atoms. The van der Waals surface area contributed by atoms with Crippen LogP contribution in [-0.4, -0.2) is 112 Å². The Bertz CT molecular complexity index is 531. The summed E-state index contributed by atoms with van der Waals surface area (Å²) in [6.45, 7) is 13.1. The predicted molar refractivity (Wildman–Crippen MR) is 134 cm³/mol. The number of likely N-dealkylation sites (tertiary alicyclic amines) is 1. The summed E-state index contributed by atoms with van der Waals surface area (Å²) in [5.41, 5.74) is 0. The zero-order valence-electron chi connectivity index (χ0n) is 19.2. The maximum atomic E-state index is 12.5. The zero-order chi connectivity index (χ0) is 21.0. The van der Waals surface area contributed by atoms with Crippen LogP contribution in [0.4, 0.5) is 0 Å². The molecule has 180 valence electrons. The molecular formula is C22H42IN5O3. The SMILES string of the molecule is CCNC(=NCCCOCC1CCOC1)N1CCN(CC(=O)N2CCCCC2)CC1.I. The van der Waals surface area contributed by atoms with Crippen LogP contribution in [0.5, 0.6) is 0 Å². The van der Waals surface area contributed by atoms with E-state index in [2.05, 4.69) is 22.0 Å².